The van der Waals surface area contributed by atoms with Crippen LogP contribution < -0.4 is 0 Å². The lowest BCUT2D eigenvalue weighted by Crippen LogP contribution is -2.40. The molecule has 29 heavy (non-hydrogen) atoms. The van der Waals surface area contributed by atoms with Gasteiger partial charge in [-0.05, 0) is 36.4 Å². The van der Waals surface area contributed by atoms with Gasteiger partial charge in [-0.15, -0.1) is 5.10 Å². The van der Waals surface area contributed by atoms with E-state index in [-0.39, 0.29) is 34.2 Å². The molecule has 1 aliphatic heterocycles. The molecule has 1 aliphatic rings. The topological polar surface area (TPSA) is 88.7 Å². The van der Waals surface area contributed by atoms with Crippen LogP contribution in [0.4, 0.5) is 8.78 Å². The molecule has 0 fully saturated rings. The monoisotopic (exact) mass is 395 g/mol. The summed E-state index contributed by atoms with van der Waals surface area (Å²) in [6.45, 7) is 0. The minimum atomic E-state index is -1.09. The van der Waals surface area contributed by atoms with Crippen LogP contribution in [0.1, 0.15) is 22.7 Å². The molecule has 146 valence electrons. The normalized spacial score (nSPS) is 16.4. The summed E-state index contributed by atoms with van der Waals surface area (Å²) >= 11 is 0. The summed E-state index contributed by atoms with van der Waals surface area (Å²) in [6, 6.07) is 13.9. The molecule has 0 radical (unpaired) electrons. The molecule has 3 aromatic carbocycles. The number of hydrogen-bond acceptors (Lipinski definition) is 6. The third kappa shape index (κ3) is 3.41. The predicted octanol–water partition coefficient (Wildman–Crippen LogP) is 3.97. The third-order valence-electron chi connectivity index (χ3n) is 4.54. The Morgan fingerprint density at radius 3 is 2.28 bits per heavy atom. The van der Waals surface area contributed by atoms with Crippen molar-refractivity contribution in [1.29, 1.82) is 0 Å². The quantitative estimate of drug-likeness (QED) is 0.626. The molecule has 1 unspecified atom stereocenters. The molecule has 6 nitrogen and oxygen atoms in total. The summed E-state index contributed by atoms with van der Waals surface area (Å²) in [4.78, 5) is 0. The summed E-state index contributed by atoms with van der Waals surface area (Å²) < 4.78 is 27.6. The Kier molecular flexibility index (Phi) is 4.69. The highest BCUT2D eigenvalue weighted by Crippen LogP contribution is 2.36. The van der Waals surface area contributed by atoms with Crippen molar-refractivity contribution in [3.8, 4) is 11.5 Å². The van der Waals surface area contributed by atoms with Crippen molar-refractivity contribution >= 4 is 11.5 Å². The Morgan fingerprint density at radius 2 is 1.59 bits per heavy atom. The second kappa shape index (κ2) is 7.33. The van der Waals surface area contributed by atoms with Gasteiger partial charge in [0, 0.05) is 17.2 Å². The van der Waals surface area contributed by atoms with Crippen LogP contribution in [0.3, 0.4) is 0 Å². The van der Waals surface area contributed by atoms with E-state index in [0.29, 0.717) is 10.6 Å². The summed E-state index contributed by atoms with van der Waals surface area (Å²) in [5.74, 6) is -1.70. The van der Waals surface area contributed by atoms with Crippen LogP contribution >= 0.6 is 0 Å². The highest BCUT2D eigenvalue weighted by molar-refractivity contribution is 6.11. The van der Waals surface area contributed by atoms with Crippen molar-refractivity contribution in [1.82, 2.24) is 5.06 Å². The summed E-state index contributed by atoms with van der Waals surface area (Å²) in [6.07, 6.45) is 0. The minimum absolute atomic E-state index is 0.0141. The van der Waals surface area contributed by atoms with Gasteiger partial charge in [0.05, 0.1) is 5.56 Å². The Labute approximate surface area is 164 Å². The molecule has 0 aliphatic carbocycles. The number of nitrogens with zero attached hydrogens (tertiary/aromatic N) is 3. The predicted molar refractivity (Wildman–Crippen MR) is 102 cm³/mol. The Morgan fingerprint density at radius 1 is 0.862 bits per heavy atom. The second-order valence-electron chi connectivity index (χ2n) is 6.39. The van der Waals surface area contributed by atoms with Gasteiger partial charge in [-0.1, -0.05) is 24.3 Å². The molecule has 1 atom stereocenters. The first kappa shape index (κ1) is 18.6. The van der Waals surface area contributed by atoms with Gasteiger partial charge in [0.2, 0.25) is 0 Å². The average Bonchev–Trinajstić information content (AvgIpc) is 2.70. The third-order valence-corrected chi connectivity index (χ3v) is 4.54. The number of hydrogen-bond donors (Lipinski definition) is 3. The van der Waals surface area contributed by atoms with Gasteiger partial charge >= 0.3 is 0 Å². The number of halogens is 2. The van der Waals surface area contributed by atoms with E-state index >= 15 is 0 Å². The fourth-order valence-corrected chi connectivity index (χ4v) is 3.14. The van der Waals surface area contributed by atoms with Gasteiger partial charge < -0.3 is 10.2 Å². The van der Waals surface area contributed by atoms with E-state index in [4.69, 9.17) is 0 Å². The van der Waals surface area contributed by atoms with Crippen LogP contribution in [0.5, 0.6) is 11.5 Å². The molecule has 3 N–H and O–H groups in total. The largest absolute Gasteiger partial charge is 0.508 e. The maximum atomic E-state index is 14.3. The average molecular weight is 395 g/mol. The Hall–Kier alpha value is -3.78. The lowest BCUT2D eigenvalue weighted by atomic mass is 9.94. The second-order valence-corrected chi connectivity index (χ2v) is 6.39. The minimum Gasteiger partial charge on any atom is -0.508 e. The van der Waals surface area contributed by atoms with Crippen LogP contribution in [0, 0.1) is 11.6 Å². The van der Waals surface area contributed by atoms with Gasteiger partial charge in [0.25, 0.3) is 0 Å². The molecule has 0 amide bonds. The van der Waals surface area contributed by atoms with E-state index in [9.17, 15) is 24.2 Å². The molecule has 0 saturated heterocycles. The van der Waals surface area contributed by atoms with Gasteiger partial charge in [-0.25, -0.2) is 13.8 Å². The molecule has 3 aromatic rings. The number of amidine groups is 1. The van der Waals surface area contributed by atoms with Crippen molar-refractivity contribution in [2.24, 2.45) is 10.2 Å². The molecule has 1 heterocycles. The van der Waals surface area contributed by atoms with Crippen LogP contribution in [0.2, 0.25) is 0 Å². The van der Waals surface area contributed by atoms with Gasteiger partial charge in [0.1, 0.15) is 34.9 Å². The van der Waals surface area contributed by atoms with E-state index in [1.165, 1.54) is 54.6 Å². The van der Waals surface area contributed by atoms with E-state index in [2.05, 4.69) is 10.2 Å². The first-order valence-corrected chi connectivity index (χ1v) is 8.62. The molecule has 4 rings (SSSR count). The van der Waals surface area contributed by atoms with E-state index in [0.717, 1.165) is 6.07 Å². The highest BCUT2D eigenvalue weighted by atomic mass is 19.1. The SMILES string of the molecule is Oc1ccc(C2C(c3ccc(F)cc3)=NN=C(c3ccccc3F)N2O)c(O)c1. The van der Waals surface area contributed by atoms with Crippen LogP contribution in [-0.2, 0) is 0 Å². The van der Waals surface area contributed by atoms with E-state index < -0.39 is 17.7 Å². The lowest BCUT2D eigenvalue weighted by Gasteiger charge is -2.32. The maximum absolute atomic E-state index is 14.3. The first-order valence-electron chi connectivity index (χ1n) is 8.62. The fraction of sp³-hybridized carbons (Fsp3) is 0.0476. The van der Waals surface area contributed by atoms with E-state index in [1.54, 1.807) is 6.07 Å². The highest BCUT2D eigenvalue weighted by Gasteiger charge is 2.35. The summed E-state index contributed by atoms with van der Waals surface area (Å²) in [5.41, 5.74) is 0.852. The molecule has 0 saturated carbocycles. The zero-order valence-corrected chi connectivity index (χ0v) is 14.9. The standard InChI is InChI=1S/C21H15F2N3O3/c22-13-7-5-12(6-8-13)19-20(16-10-9-14(27)11-18(16)28)26(29)21(25-24-19)15-3-1-2-4-17(15)23/h1-11,20,27-29H. The molecule has 0 bridgehead atoms. The number of hydroxylamine groups is 2. The van der Waals surface area contributed by atoms with Gasteiger partial charge in [-0.2, -0.15) is 5.10 Å². The summed E-state index contributed by atoms with van der Waals surface area (Å²) in [5, 5.41) is 39.7. The first-order chi connectivity index (χ1) is 14.0. The molecular weight excluding hydrogens is 380 g/mol. The van der Waals surface area contributed by atoms with Crippen LogP contribution in [0.25, 0.3) is 0 Å². The van der Waals surface area contributed by atoms with Gasteiger partial charge in [-0.3, -0.25) is 5.21 Å². The number of phenols is 2. The summed E-state index contributed by atoms with van der Waals surface area (Å²) in [7, 11) is 0. The van der Waals surface area contributed by atoms with Crippen molar-refractivity contribution in [2.45, 2.75) is 6.04 Å². The van der Waals surface area contributed by atoms with Crippen LogP contribution in [0.15, 0.2) is 76.9 Å². The number of rotatable bonds is 3. The van der Waals surface area contributed by atoms with Crippen molar-refractivity contribution < 1.29 is 24.2 Å². The molecule has 0 aromatic heterocycles. The zero-order valence-electron chi connectivity index (χ0n) is 14.9. The number of benzene rings is 3. The molecular formula is C21H15F2N3O3. The van der Waals surface area contributed by atoms with Gasteiger partial charge in [0.15, 0.2) is 5.84 Å². The van der Waals surface area contributed by atoms with Crippen molar-refractivity contribution in [3.05, 3.63) is 95.1 Å². The smallest absolute Gasteiger partial charge is 0.185 e. The molecule has 0 spiro atoms. The lowest BCUT2D eigenvalue weighted by molar-refractivity contribution is -0.0354. The Balaban J connectivity index is 1.90. The Bertz CT molecular complexity index is 1130. The van der Waals surface area contributed by atoms with Crippen molar-refractivity contribution in [3.63, 3.8) is 0 Å². The van der Waals surface area contributed by atoms with Crippen molar-refractivity contribution in [2.75, 3.05) is 0 Å². The maximum Gasteiger partial charge on any atom is 0.185 e. The number of phenolic OH excluding ortho intramolecular Hbond substituents is 2. The zero-order chi connectivity index (χ0) is 20.5. The molecule has 8 heteroatoms. The fourth-order valence-electron chi connectivity index (χ4n) is 3.14. The van der Waals surface area contributed by atoms with E-state index in [1.807, 2.05) is 0 Å². The van der Waals surface area contributed by atoms with Crippen LogP contribution in [-0.4, -0.2) is 32.0 Å². The number of aromatic hydroxyl groups is 2.